The number of aryl methyl sites for hydroxylation is 1. The van der Waals surface area contributed by atoms with Crippen molar-refractivity contribution in [3.8, 4) is 11.4 Å². The fourth-order valence-electron chi connectivity index (χ4n) is 4.98. The Kier molecular flexibility index (Phi) is 5.23. The predicted molar refractivity (Wildman–Crippen MR) is 114 cm³/mol. The van der Waals surface area contributed by atoms with Gasteiger partial charge in [0.1, 0.15) is 11.4 Å². The van der Waals surface area contributed by atoms with Crippen LogP contribution < -0.4 is 0 Å². The molecule has 3 aromatic rings. The van der Waals surface area contributed by atoms with E-state index >= 15 is 0 Å². The van der Waals surface area contributed by atoms with Crippen LogP contribution in [-0.4, -0.2) is 62.1 Å². The lowest BCUT2D eigenvalue weighted by Gasteiger charge is -2.36. The van der Waals surface area contributed by atoms with Gasteiger partial charge in [0.05, 0.1) is 24.0 Å². The molecular formula is C23H26N6O2. The summed E-state index contributed by atoms with van der Waals surface area (Å²) in [5.41, 5.74) is 2.94. The summed E-state index contributed by atoms with van der Waals surface area (Å²) >= 11 is 0. The average Bonchev–Trinajstić information content (AvgIpc) is 3.45. The Morgan fingerprint density at radius 1 is 1.06 bits per heavy atom. The Bertz CT molecular complexity index is 1070. The molecule has 1 amide bonds. The zero-order chi connectivity index (χ0) is 21.4. The molecule has 1 saturated heterocycles. The molecule has 0 radical (unpaired) electrons. The van der Waals surface area contributed by atoms with Crippen molar-refractivity contribution >= 4 is 5.91 Å². The number of fused-ring (bicyclic) bond motifs is 1. The number of ether oxygens (including phenoxy) is 1. The number of hydrogen-bond donors (Lipinski definition) is 0. The van der Waals surface area contributed by atoms with Gasteiger partial charge in [0.2, 0.25) is 0 Å². The maximum absolute atomic E-state index is 13.0. The van der Waals surface area contributed by atoms with Crippen LogP contribution in [0.1, 0.15) is 35.1 Å². The first-order valence-corrected chi connectivity index (χ1v) is 10.7. The summed E-state index contributed by atoms with van der Waals surface area (Å²) in [4.78, 5) is 23.7. The fraction of sp³-hybridized carbons (Fsp3) is 0.435. The summed E-state index contributed by atoms with van der Waals surface area (Å²) in [5.74, 6) is 0.850. The largest absolute Gasteiger partial charge is 0.379 e. The molecule has 1 saturated carbocycles. The van der Waals surface area contributed by atoms with Crippen LogP contribution in [-0.2, 0) is 4.74 Å². The number of aromatic nitrogens is 5. The van der Waals surface area contributed by atoms with Gasteiger partial charge in [-0.05, 0) is 55.9 Å². The Morgan fingerprint density at radius 2 is 1.90 bits per heavy atom. The molecule has 4 atom stereocenters. The zero-order valence-corrected chi connectivity index (χ0v) is 17.8. The summed E-state index contributed by atoms with van der Waals surface area (Å²) in [6, 6.07) is 11.4. The van der Waals surface area contributed by atoms with Crippen LogP contribution in [0.25, 0.3) is 11.4 Å². The number of pyridine rings is 2. The smallest absolute Gasteiger partial charge is 0.272 e. The maximum Gasteiger partial charge on any atom is 0.272 e. The summed E-state index contributed by atoms with van der Waals surface area (Å²) in [7, 11) is 1.75. The molecule has 31 heavy (non-hydrogen) atoms. The average molecular weight is 419 g/mol. The quantitative estimate of drug-likeness (QED) is 0.648. The molecule has 1 aliphatic heterocycles. The second-order valence-corrected chi connectivity index (χ2v) is 8.51. The van der Waals surface area contributed by atoms with E-state index in [0.717, 1.165) is 43.0 Å². The van der Waals surface area contributed by atoms with Crippen molar-refractivity contribution in [3.05, 3.63) is 60.2 Å². The molecule has 2 fully saturated rings. The van der Waals surface area contributed by atoms with Gasteiger partial charge in [0.15, 0.2) is 0 Å². The van der Waals surface area contributed by atoms with Crippen LogP contribution in [0.2, 0.25) is 0 Å². The first kappa shape index (κ1) is 19.8. The van der Waals surface area contributed by atoms with E-state index in [-0.39, 0.29) is 18.1 Å². The molecule has 2 aliphatic rings. The second-order valence-electron chi connectivity index (χ2n) is 8.51. The van der Waals surface area contributed by atoms with E-state index in [9.17, 15) is 4.79 Å². The van der Waals surface area contributed by atoms with Gasteiger partial charge in [-0.3, -0.25) is 9.78 Å². The molecule has 8 heteroatoms. The first-order chi connectivity index (χ1) is 15.1. The molecular weight excluding hydrogens is 392 g/mol. The van der Waals surface area contributed by atoms with Crippen LogP contribution in [0.15, 0.2) is 48.8 Å². The lowest BCUT2D eigenvalue weighted by molar-refractivity contribution is -0.00545. The Morgan fingerprint density at radius 3 is 2.65 bits per heavy atom. The van der Waals surface area contributed by atoms with Crippen LogP contribution in [0.5, 0.6) is 0 Å². The van der Waals surface area contributed by atoms with Crippen LogP contribution in [0.4, 0.5) is 0 Å². The van der Waals surface area contributed by atoms with E-state index in [1.165, 1.54) is 0 Å². The van der Waals surface area contributed by atoms with Gasteiger partial charge in [-0.25, -0.2) is 9.67 Å². The van der Waals surface area contributed by atoms with Crippen molar-refractivity contribution in [1.82, 2.24) is 29.9 Å². The van der Waals surface area contributed by atoms with Crippen LogP contribution in [0, 0.1) is 18.8 Å². The Balaban J connectivity index is 1.33. The molecule has 0 N–H and O–H groups in total. The van der Waals surface area contributed by atoms with Gasteiger partial charge < -0.3 is 9.64 Å². The molecule has 0 spiro atoms. The van der Waals surface area contributed by atoms with Gasteiger partial charge in [0, 0.05) is 32.1 Å². The highest BCUT2D eigenvalue weighted by Gasteiger charge is 2.45. The minimum Gasteiger partial charge on any atom is -0.379 e. The van der Waals surface area contributed by atoms with E-state index < -0.39 is 0 Å². The van der Waals surface area contributed by atoms with E-state index in [4.69, 9.17) is 4.74 Å². The molecule has 1 aliphatic carbocycles. The van der Waals surface area contributed by atoms with Gasteiger partial charge in [-0.1, -0.05) is 17.3 Å². The highest BCUT2D eigenvalue weighted by molar-refractivity contribution is 5.92. The highest BCUT2D eigenvalue weighted by atomic mass is 16.5. The molecule has 5 rings (SSSR count). The minimum atomic E-state index is 0.0156. The lowest BCUT2D eigenvalue weighted by atomic mass is 9.77. The van der Waals surface area contributed by atoms with Gasteiger partial charge >= 0.3 is 0 Å². The van der Waals surface area contributed by atoms with E-state index in [1.54, 1.807) is 19.4 Å². The number of methoxy groups -OCH3 is 1. The number of hydrogen-bond acceptors (Lipinski definition) is 6. The molecule has 8 nitrogen and oxygen atoms in total. The summed E-state index contributed by atoms with van der Waals surface area (Å²) in [6.45, 7) is 3.40. The Hall–Kier alpha value is -3.13. The van der Waals surface area contributed by atoms with Crippen LogP contribution >= 0.6 is 0 Å². The van der Waals surface area contributed by atoms with E-state index in [0.29, 0.717) is 17.5 Å². The third kappa shape index (κ3) is 3.83. The van der Waals surface area contributed by atoms with E-state index in [1.807, 2.05) is 53.0 Å². The zero-order valence-electron chi connectivity index (χ0n) is 17.8. The number of rotatable bonds is 4. The SMILES string of the molecule is CO[C@@H]1C[C@H]2CN(C(=O)c3cccc(C)n3)C[C@H]2C[C@H]1n1cc(-c2ccccn2)nn1. The second kappa shape index (κ2) is 8.19. The van der Waals surface area contributed by atoms with Gasteiger partial charge in [-0.15, -0.1) is 5.10 Å². The van der Waals surface area contributed by atoms with Crippen molar-refractivity contribution in [1.29, 1.82) is 0 Å². The minimum absolute atomic E-state index is 0.0156. The third-order valence-electron chi connectivity index (χ3n) is 6.56. The topological polar surface area (TPSA) is 86.0 Å². The molecule has 0 unspecified atom stereocenters. The van der Waals surface area contributed by atoms with Gasteiger partial charge in [-0.2, -0.15) is 0 Å². The highest BCUT2D eigenvalue weighted by Crippen LogP contribution is 2.42. The normalized spacial score (nSPS) is 25.4. The van der Waals surface area contributed by atoms with Crippen LogP contribution in [0.3, 0.4) is 0 Å². The number of amides is 1. The van der Waals surface area contributed by atoms with E-state index in [2.05, 4.69) is 20.3 Å². The monoisotopic (exact) mass is 418 g/mol. The summed E-state index contributed by atoms with van der Waals surface area (Å²) < 4.78 is 7.78. The standard InChI is InChI=1S/C23H26N6O2/c1-15-6-5-8-19(25-15)23(30)28-12-16-10-21(22(31-2)11-17(16)13-28)29-14-20(26-27-29)18-7-3-4-9-24-18/h3-9,14,16-17,21-22H,10-13H2,1-2H3/t16-,17+,21-,22-/m1/s1. The predicted octanol–water partition coefficient (Wildman–Crippen LogP) is 2.78. The van der Waals surface area contributed by atoms with Crippen molar-refractivity contribution in [2.45, 2.75) is 31.9 Å². The first-order valence-electron chi connectivity index (χ1n) is 10.7. The molecule has 3 aromatic heterocycles. The number of carbonyl (C=O) groups is 1. The number of carbonyl (C=O) groups excluding carboxylic acids is 1. The fourth-order valence-corrected chi connectivity index (χ4v) is 4.98. The van der Waals surface area contributed by atoms with Gasteiger partial charge in [0.25, 0.3) is 5.91 Å². The van der Waals surface area contributed by atoms with Crippen molar-refractivity contribution in [2.24, 2.45) is 11.8 Å². The maximum atomic E-state index is 13.0. The molecule has 4 heterocycles. The third-order valence-corrected chi connectivity index (χ3v) is 6.56. The summed E-state index contributed by atoms with van der Waals surface area (Å²) in [6.07, 6.45) is 5.54. The van der Waals surface area contributed by atoms with Crippen molar-refractivity contribution < 1.29 is 9.53 Å². The lowest BCUT2D eigenvalue weighted by Crippen LogP contribution is -2.37. The number of nitrogens with zero attached hydrogens (tertiary/aromatic N) is 6. The summed E-state index contributed by atoms with van der Waals surface area (Å²) in [5, 5.41) is 8.73. The number of likely N-dealkylation sites (tertiary alicyclic amines) is 1. The van der Waals surface area contributed by atoms with Crippen molar-refractivity contribution in [3.63, 3.8) is 0 Å². The Labute approximate surface area is 181 Å². The molecule has 0 aromatic carbocycles. The molecule has 0 bridgehead atoms. The van der Waals surface area contributed by atoms with Crippen molar-refractivity contribution in [2.75, 3.05) is 20.2 Å². The molecule has 160 valence electrons.